The van der Waals surface area contributed by atoms with E-state index in [2.05, 4.69) is 24.3 Å². The summed E-state index contributed by atoms with van der Waals surface area (Å²) >= 11 is 0. The van der Waals surface area contributed by atoms with Gasteiger partial charge in [-0.3, -0.25) is 4.79 Å². The predicted octanol–water partition coefficient (Wildman–Crippen LogP) is 1.46. The highest BCUT2D eigenvalue weighted by Gasteiger charge is 2.32. The van der Waals surface area contributed by atoms with E-state index >= 15 is 0 Å². The van der Waals surface area contributed by atoms with Gasteiger partial charge in [-0.1, -0.05) is 13.8 Å². The van der Waals surface area contributed by atoms with Gasteiger partial charge in [-0.05, 0) is 24.0 Å². The van der Waals surface area contributed by atoms with Crippen LogP contribution < -0.4 is 11.1 Å². The van der Waals surface area contributed by atoms with Crippen molar-refractivity contribution in [1.29, 1.82) is 0 Å². The molecule has 1 aliphatic heterocycles. The van der Waals surface area contributed by atoms with E-state index in [9.17, 15) is 4.79 Å². The standard InChI is InChI=1S/C15H20N4O2/c1-15(2)6-11(21-9-15)7-17-14(20)12-8-18-19-4-3-10(16)5-13(12)19/h3-5,8,11H,6-7,9,16H2,1-2H3,(H,17,20). The molecule has 0 radical (unpaired) electrons. The van der Waals surface area contributed by atoms with Crippen molar-refractivity contribution in [3.63, 3.8) is 0 Å². The molecule has 3 heterocycles. The fourth-order valence-electron chi connectivity index (χ4n) is 2.68. The second-order valence-corrected chi connectivity index (χ2v) is 6.36. The van der Waals surface area contributed by atoms with Crippen LogP contribution in [0.1, 0.15) is 30.6 Å². The average Bonchev–Trinajstić information content (AvgIpc) is 2.99. The summed E-state index contributed by atoms with van der Waals surface area (Å²) in [6, 6.07) is 3.49. The van der Waals surface area contributed by atoms with Crippen molar-refractivity contribution in [2.75, 3.05) is 18.9 Å². The number of nitrogen functional groups attached to an aromatic ring is 1. The van der Waals surface area contributed by atoms with Gasteiger partial charge < -0.3 is 15.8 Å². The SMILES string of the molecule is CC1(C)COC(CNC(=O)c2cnn3ccc(N)cc23)C1. The van der Waals surface area contributed by atoms with E-state index in [1.165, 1.54) is 0 Å². The molecular weight excluding hydrogens is 268 g/mol. The van der Waals surface area contributed by atoms with Crippen molar-refractivity contribution in [3.8, 4) is 0 Å². The van der Waals surface area contributed by atoms with Crippen LogP contribution in [-0.2, 0) is 4.74 Å². The number of pyridine rings is 1. The number of rotatable bonds is 3. The van der Waals surface area contributed by atoms with Crippen LogP contribution in [0, 0.1) is 5.41 Å². The van der Waals surface area contributed by atoms with Gasteiger partial charge in [-0.15, -0.1) is 0 Å². The number of hydrogen-bond acceptors (Lipinski definition) is 4. The fraction of sp³-hybridized carbons (Fsp3) is 0.467. The van der Waals surface area contributed by atoms with Gasteiger partial charge in [0, 0.05) is 18.4 Å². The molecule has 0 bridgehead atoms. The quantitative estimate of drug-likeness (QED) is 0.896. The number of fused-ring (bicyclic) bond motifs is 1. The van der Waals surface area contributed by atoms with Crippen molar-refractivity contribution in [2.45, 2.75) is 26.4 Å². The number of nitrogens with zero attached hydrogens (tertiary/aromatic N) is 2. The van der Waals surface area contributed by atoms with Gasteiger partial charge in [0.2, 0.25) is 0 Å². The van der Waals surface area contributed by atoms with Crippen molar-refractivity contribution < 1.29 is 9.53 Å². The minimum absolute atomic E-state index is 0.0795. The Bertz CT molecular complexity index is 677. The van der Waals surface area contributed by atoms with Crippen LogP contribution >= 0.6 is 0 Å². The first-order chi connectivity index (χ1) is 9.94. The van der Waals surface area contributed by atoms with Crippen LogP contribution in [0.2, 0.25) is 0 Å². The van der Waals surface area contributed by atoms with E-state index in [4.69, 9.17) is 10.5 Å². The number of nitrogens with one attached hydrogen (secondary N) is 1. The van der Waals surface area contributed by atoms with Crippen molar-refractivity contribution >= 4 is 17.1 Å². The number of aromatic nitrogens is 2. The zero-order valence-electron chi connectivity index (χ0n) is 12.3. The molecule has 112 valence electrons. The molecule has 0 spiro atoms. The second-order valence-electron chi connectivity index (χ2n) is 6.36. The highest BCUT2D eigenvalue weighted by molar-refractivity contribution is 6.00. The second kappa shape index (κ2) is 5.04. The zero-order chi connectivity index (χ0) is 15.0. The number of nitrogens with two attached hydrogens (primary N) is 1. The average molecular weight is 288 g/mol. The van der Waals surface area contributed by atoms with E-state index in [-0.39, 0.29) is 17.4 Å². The third-order valence-electron chi connectivity index (χ3n) is 3.77. The molecule has 6 heteroatoms. The van der Waals surface area contributed by atoms with E-state index in [0.29, 0.717) is 23.3 Å². The van der Waals surface area contributed by atoms with E-state index in [1.54, 1.807) is 29.0 Å². The van der Waals surface area contributed by atoms with Crippen LogP contribution in [0.5, 0.6) is 0 Å². The van der Waals surface area contributed by atoms with Gasteiger partial charge in [0.25, 0.3) is 5.91 Å². The molecule has 1 aliphatic rings. The molecule has 2 aromatic heterocycles. The summed E-state index contributed by atoms with van der Waals surface area (Å²) in [6.07, 6.45) is 4.33. The lowest BCUT2D eigenvalue weighted by molar-refractivity contribution is 0.0832. The van der Waals surface area contributed by atoms with Crippen LogP contribution in [0.4, 0.5) is 5.69 Å². The topological polar surface area (TPSA) is 81.6 Å². The number of hydrogen-bond donors (Lipinski definition) is 2. The Balaban J connectivity index is 1.69. The number of carbonyl (C=O) groups is 1. The van der Waals surface area contributed by atoms with Crippen molar-refractivity contribution in [1.82, 2.24) is 14.9 Å². The summed E-state index contributed by atoms with van der Waals surface area (Å²) < 4.78 is 7.33. The highest BCUT2D eigenvalue weighted by atomic mass is 16.5. The Kier molecular flexibility index (Phi) is 3.33. The lowest BCUT2D eigenvalue weighted by Gasteiger charge is -2.14. The summed E-state index contributed by atoms with van der Waals surface area (Å²) in [5.41, 5.74) is 7.80. The lowest BCUT2D eigenvalue weighted by atomic mass is 9.91. The number of anilines is 1. The summed E-state index contributed by atoms with van der Waals surface area (Å²) in [5.74, 6) is -0.149. The number of ether oxygens (including phenoxy) is 1. The summed E-state index contributed by atoms with van der Waals surface area (Å²) in [6.45, 7) is 5.59. The third-order valence-corrected chi connectivity index (χ3v) is 3.77. The number of amides is 1. The van der Waals surface area contributed by atoms with E-state index in [0.717, 1.165) is 13.0 Å². The molecule has 0 saturated carbocycles. The molecule has 1 atom stereocenters. The molecule has 1 fully saturated rings. The molecular formula is C15H20N4O2. The van der Waals surface area contributed by atoms with Crippen LogP contribution in [0.15, 0.2) is 24.5 Å². The third kappa shape index (κ3) is 2.85. The molecule has 1 amide bonds. The lowest BCUT2D eigenvalue weighted by Crippen LogP contribution is -2.32. The maximum atomic E-state index is 12.3. The normalized spacial score (nSPS) is 20.8. The van der Waals surface area contributed by atoms with Gasteiger partial charge in [0.1, 0.15) is 0 Å². The van der Waals surface area contributed by atoms with Gasteiger partial charge in [0.15, 0.2) is 0 Å². The minimum Gasteiger partial charge on any atom is -0.399 e. The molecule has 3 N–H and O–H groups in total. The summed E-state index contributed by atoms with van der Waals surface area (Å²) in [5, 5.41) is 7.07. The molecule has 1 saturated heterocycles. The molecule has 0 aromatic carbocycles. The maximum absolute atomic E-state index is 12.3. The Morgan fingerprint density at radius 1 is 1.62 bits per heavy atom. The van der Waals surface area contributed by atoms with Crippen LogP contribution in [0.3, 0.4) is 0 Å². The Labute approximate surface area is 123 Å². The van der Waals surface area contributed by atoms with Crippen LogP contribution in [-0.4, -0.2) is 34.8 Å². The Morgan fingerprint density at radius 2 is 2.43 bits per heavy atom. The summed E-state index contributed by atoms with van der Waals surface area (Å²) in [7, 11) is 0. The molecule has 1 unspecified atom stereocenters. The van der Waals surface area contributed by atoms with Crippen LogP contribution in [0.25, 0.3) is 5.52 Å². The largest absolute Gasteiger partial charge is 0.399 e. The first-order valence-electron chi connectivity index (χ1n) is 7.07. The molecule has 6 nitrogen and oxygen atoms in total. The van der Waals surface area contributed by atoms with Gasteiger partial charge in [-0.2, -0.15) is 5.10 Å². The highest BCUT2D eigenvalue weighted by Crippen LogP contribution is 2.30. The molecule has 0 aliphatic carbocycles. The van der Waals surface area contributed by atoms with Gasteiger partial charge >= 0.3 is 0 Å². The predicted molar refractivity (Wildman–Crippen MR) is 80.1 cm³/mol. The minimum atomic E-state index is -0.149. The molecule has 3 rings (SSSR count). The van der Waals surface area contributed by atoms with E-state index in [1.807, 2.05) is 0 Å². The molecule has 2 aromatic rings. The van der Waals surface area contributed by atoms with Crippen molar-refractivity contribution in [2.24, 2.45) is 5.41 Å². The number of carbonyl (C=O) groups excluding carboxylic acids is 1. The monoisotopic (exact) mass is 288 g/mol. The van der Waals surface area contributed by atoms with Gasteiger partial charge in [0.05, 0.1) is 30.0 Å². The Hall–Kier alpha value is -2.08. The van der Waals surface area contributed by atoms with Gasteiger partial charge in [-0.25, -0.2) is 4.52 Å². The van der Waals surface area contributed by atoms with E-state index < -0.39 is 0 Å². The maximum Gasteiger partial charge on any atom is 0.255 e. The first kappa shape index (κ1) is 13.9. The fourth-order valence-corrected chi connectivity index (χ4v) is 2.68. The summed E-state index contributed by atoms with van der Waals surface area (Å²) in [4.78, 5) is 12.3. The first-order valence-corrected chi connectivity index (χ1v) is 7.07. The smallest absolute Gasteiger partial charge is 0.255 e. The van der Waals surface area contributed by atoms with Crippen molar-refractivity contribution in [3.05, 3.63) is 30.1 Å². The molecule has 21 heavy (non-hydrogen) atoms. The Morgan fingerprint density at radius 3 is 3.14 bits per heavy atom. The zero-order valence-corrected chi connectivity index (χ0v) is 12.3.